The summed E-state index contributed by atoms with van der Waals surface area (Å²) in [6.45, 7) is 0.546. The van der Waals surface area contributed by atoms with Gasteiger partial charge in [0.1, 0.15) is 24.0 Å². The topological polar surface area (TPSA) is 103 Å². The van der Waals surface area contributed by atoms with Crippen LogP contribution < -0.4 is 10.5 Å². The van der Waals surface area contributed by atoms with Crippen LogP contribution >= 0.6 is 0 Å². The highest BCUT2D eigenvalue weighted by molar-refractivity contribution is 5.81. The van der Waals surface area contributed by atoms with E-state index in [4.69, 9.17) is 19.9 Å². The van der Waals surface area contributed by atoms with E-state index in [2.05, 4.69) is 9.97 Å². The Morgan fingerprint density at radius 2 is 1.61 bits per heavy atom. The Hall–Kier alpha value is -3.46. The van der Waals surface area contributed by atoms with Crippen LogP contribution in [0.5, 0.6) is 5.88 Å². The van der Waals surface area contributed by atoms with Crippen molar-refractivity contribution in [3.8, 4) is 28.3 Å². The van der Waals surface area contributed by atoms with Gasteiger partial charge in [-0.1, -0.05) is 36.4 Å². The highest BCUT2D eigenvalue weighted by atomic mass is 19.1. The van der Waals surface area contributed by atoms with Crippen molar-refractivity contribution in [2.75, 3.05) is 18.9 Å². The largest absolute Gasteiger partial charge is 0.470 e. The first-order chi connectivity index (χ1) is 16.0. The number of nitrogens with two attached hydrogens (primary N) is 1. The Morgan fingerprint density at radius 3 is 2.36 bits per heavy atom. The van der Waals surface area contributed by atoms with Crippen molar-refractivity contribution in [2.24, 2.45) is 0 Å². The Morgan fingerprint density at radius 1 is 0.939 bits per heavy atom. The minimum Gasteiger partial charge on any atom is -0.470 e. The molecule has 0 bridgehead atoms. The zero-order valence-electron chi connectivity index (χ0n) is 17.6. The van der Waals surface area contributed by atoms with E-state index in [1.807, 2.05) is 48.5 Å². The number of ether oxygens (including phenoxy) is 3. The molecule has 2 saturated heterocycles. The maximum atomic E-state index is 14.9. The molecule has 0 saturated carbocycles. The molecular weight excluding hydrogens is 425 g/mol. The van der Waals surface area contributed by atoms with Crippen LogP contribution in [0.4, 0.5) is 10.1 Å². The minimum absolute atomic E-state index is 0.231. The standard InChI is InChI=1S/C25H22FN3O4/c26-17-9-18-19(10-22(28-18)33-21-12-32-24-20(30)11-31-25(21)24)29-23(17)15-3-1-13(2-4-15)14-5-7-16(27)8-6-14/h1-10,20-21,24-25,28,30H,11-12,27H2/t20?,21?,24?,25-/m1/s1. The van der Waals surface area contributed by atoms with Crippen molar-refractivity contribution in [2.45, 2.75) is 24.4 Å². The van der Waals surface area contributed by atoms with Gasteiger partial charge in [0.2, 0.25) is 0 Å². The van der Waals surface area contributed by atoms with Crippen molar-refractivity contribution in [1.29, 1.82) is 0 Å². The van der Waals surface area contributed by atoms with E-state index >= 15 is 0 Å². The number of hydrogen-bond donors (Lipinski definition) is 3. The van der Waals surface area contributed by atoms with E-state index in [1.54, 1.807) is 6.07 Å². The van der Waals surface area contributed by atoms with Crippen molar-refractivity contribution < 1.29 is 23.7 Å². The van der Waals surface area contributed by atoms with Crippen LogP contribution in [-0.4, -0.2) is 52.7 Å². The van der Waals surface area contributed by atoms with Crippen LogP contribution in [0.1, 0.15) is 0 Å². The minimum atomic E-state index is -0.643. The number of nitrogen functional groups attached to an aromatic ring is 1. The molecule has 2 aliphatic heterocycles. The summed E-state index contributed by atoms with van der Waals surface area (Å²) in [5, 5.41) is 9.89. The molecule has 0 radical (unpaired) electrons. The first-order valence-corrected chi connectivity index (χ1v) is 10.8. The number of pyridine rings is 1. The molecule has 0 aliphatic carbocycles. The van der Waals surface area contributed by atoms with E-state index in [0.29, 0.717) is 34.8 Å². The molecule has 0 amide bonds. The van der Waals surface area contributed by atoms with E-state index in [-0.39, 0.29) is 30.6 Å². The molecule has 3 unspecified atom stereocenters. The predicted molar refractivity (Wildman–Crippen MR) is 121 cm³/mol. The number of halogens is 1. The molecule has 8 heteroatoms. The first-order valence-electron chi connectivity index (χ1n) is 10.8. The maximum absolute atomic E-state index is 14.9. The molecule has 4 N–H and O–H groups in total. The van der Waals surface area contributed by atoms with Crippen LogP contribution in [0.25, 0.3) is 33.4 Å². The molecule has 2 aliphatic rings. The third-order valence-corrected chi connectivity index (χ3v) is 6.19. The van der Waals surface area contributed by atoms with Gasteiger partial charge >= 0.3 is 0 Å². The number of H-pyrrole nitrogens is 1. The van der Waals surface area contributed by atoms with Crippen LogP contribution in [0, 0.1) is 5.82 Å². The lowest BCUT2D eigenvalue weighted by Gasteiger charge is -2.16. The summed E-state index contributed by atoms with van der Waals surface area (Å²) < 4.78 is 32.1. The molecule has 2 aromatic carbocycles. The fraction of sp³-hybridized carbons (Fsp3) is 0.240. The lowest BCUT2D eigenvalue weighted by molar-refractivity contribution is 0.00794. The van der Waals surface area contributed by atoms with Crippen LogP contribution in [-0.2, 0) is 9.47 Å². The van der Waals surface area contributed by atoms with E-state index < -0.39 is 11.9 Å². The summed E-state index contributed by atoms with van der Waals surface area (Å²) in [5.74, 6) is 0.0228. The Labute approximate surface area is 188 Å². The molecule has 7 nitrogen and oxygen atoms in total. The summed E-state index contributed by atoms with van der Waals surface area (Å²) in [6, 6.07) is 18.3. The fourth-order valence-corrected chi connectivity index (χ4v) is 4.48. The second kappa shape index (κ2) is 7.84. The quantitative estimate of drug-likeness (QED) is 0.414. The van der Waals surface area contributed by atoms with Gasteiger partial charge in [0, 0.05) is 23.4 Å². The SMILES string of the molecule is Nc1ccc(-c2ccc(-c3nc4cc(OC5COC6C(O)CO[C@H]56)[nH]c4cc3F)cc2)cc1. The zero-order chi connectivity index (χ0) is 22.5. The molecule has 0 spiro atoms. The molecule has 33 heavy (non-hydrogen) atoms. The van der Waals surface area contributed by atoms with Crippen LogP contribution in [0.2, 0.25) is 0 Å². The van der Waals surface area contributed by atoms with E-state index in [0.717, 1.165) is 11.1 Å². The summed E-state index contributed by atoms with van der Waals surface area (Å²) in [7, 11) is 0. The van der Waals surface area contributed by atoms with Crippen LogP contribution in [0.3, 0.4) is 0 Å². The van der Waals surface area contributed by atoms with Crippen molar-refractivity contribution in [1.82, 2.24) is 9.97 Å². The summed E-state index contributed by atoms with van der Waals surface area (Å²) in [4.78, 5) is 7.59. The lowest BCUT2D eigenvalue weighted by atomic mass is 10.0. The average Bonchev–Trinajstić information content (AvgIpc) is 3.51. The maximum Gasteiger partial charge on any atom is 0.193 e. The number of aromatic nitrogens is 2. The number of anilines is 1. The molecule has 6 rings (SSSR count). The van der Waals surface area contributed by atoms with E-state index in [1.165, 1.54) is 6.07 Å². The lowest BCUT2D eigenvalue weighted by Crippen LogP contribution is -2.34. The fourth-order valence-electron chi connectivity index (χ4n) is 4.48. The molecule has 2 fully saturated rings. The molecule has 2 aromatic heterocycles. The monoisotopic (exact) mass is 447 g/mol. The number of rotatable bonds is 4. The van der Waals surface area contributed by atoms with Crippen molar-refractivity contribution in [3.05, 3.63) is 66.5 Å². The Kier molecular flexibility index (Phi) is 4.79. The van der Waals surface area contributed by atoms with Gasteiger partial charge in [0.05, 0.1) is 24.2 Å². The van der Waals surface area contributed by atoms with Gasteiger partial charge in [-0.15, -0.1) is 0 Å². The number of aliphatic hydroxyl groups excluding tert-OH is 1. The molecule has 168 valence electrons. The Bertz CT molecular complexity index is 1310. The van der Waals surface area contributed by atoms with Crippen molar-refractivity contribution in [3.63, 3.8) is 0 Å². The number of nitrogens with one attached hydrogen (secondary N) is 1. The third-order valence-electron chi connectivity index (χ3n) is 6.19. The third kappa shape index (κ3) is 3.62. The van der Waals surface area contributed by atoms with Gasteiger partial charge in [-0.05, 0) is 23.3 Å². The average molecular weight is 447 g/mol. The number of aliphatic hydroxyl groups is 1. The molecule has 4 aromatic rings. The second-order valence-corrected chi connectivity index (χ2v) is 8.40. The van der Waals surface area contributed by atoms with Crippen LogP contribution in [0.15, 0.2) is 60.7 Å². The number of aromatic amines is 1. The highest BCUT2D eigenvalue weighted by Crippen LogP contribution is 2.32. The van der Waals surface area contributed by atoms with Crippen molar-refractivity contribution >= 4 is 16.7 Å². The highest BCUT2D eigenvalue weighted by Gasteiger charge is 2.48. The molecule has 4 heterocycles. The van der Waals surface area contributed by atoms with Gasteiger partial charge in [-0.2, -0.15) is 0 Å². The Balaban J connectivity index is 1.25. The first kappa shape index (κ1) is 20.2. The number of benzene rings is 2. The second-order valence-electron chi connectivity index (χ2n) is 8.40. The normalized spacial score (nSPS) is 24.3. The molecular formula is C25H22FN3O4. The zero-order valence-corrected chi connectivity index (χ0v) is 17.6. The molecule has 4 atom stereocenters. The van der Waals surface area contributed by atoms with Gasteiger partial charge in [0.15, 0.2) is 17.8 Å². The van der Waals surface area contributed by atoms with Gasteiger partial charge in [-0.3, -0.25) is 0 Å². The van der Waals surface area contributed by atoms with Gasteiger partial charge < -0.3 is 30.0 Å². The predicted octanol–water partition coefficient (Wildman–Crippen LogP) is 3.52. The smallest absolute Gasteiger partial charge is 0.193 e. The summed E-state index contributed by atoms with van der Waals surface area (Å²) in [6.07, 6.45) is -1.70. The van der Waals surface area contributed by atoms with Gasteiger partial charge in [0.25, 0.3) is 0 Å². The summed E-state index contributed by atoms with van der Waals surface area (Å²) >= 11 is 0. The summed E-state index contributed by atoms with van der Waals surface area (Å²) in [5.41, 5.74) is 10.6. The van der Waals surface area contributed by atoms with Gasteiger partial charge in [-0.25, -0.2) is 9.37 Å². The van der Waals surface area contributed by atoms with E-state index in [9.17, 15) is 9.50 Å². The number of hydrogen-bond acceptors (Lipinski definition) is 6. The number of nitrogens with zero attached hydrogens (tertiary/aromatic N) is 1. The number of fused-ring (bicyclic) bond motifs is 2.